The van der Waals surface area contributed by atoms with E-state index in [1.165, 1.54) is 11.1 Å². The van der Waals surface area contributed by atoms with Gasteiger partial charge in [0.25, 0.3) is 0 Å². The molecule has 0 heterocycles. The SMILES string of the molecule is Cc1ccccc1C(Br)c1cc(Cl)ccc1Cl. The monoisotopic (exact) mass is 328 g/mol. The van der Waals surface area contributed by atoms with Crippen LogP contribution < -0.4 is 0 Å². The lowest BCUT2D eigenvalue weighted by atomic mass is 10.0. The van der Waals surface area contributed by atoms with Gasteiger partial charge >= 0.3 is 0 Å². The zero-order chi connectivity index (χ0) is 12.4. The minimum absolute atomic E-state index is 0.0647. The van der Waals surface area contributed by atoms with E-state index in [1.807, 2.05) is 24.3 Å². The van der Waals surface area contributed by atoms with E-state index in [2.05, 4.69) is 35.0 Å². The average molecular weight is 330 g/mol. The molecule has 0 aliphatic heterocycles. The molecule has 0 bridgehead atoms. The Labute approximate surface area is 120 Å². The summed E-state index contributed by atoms with van der Waals surface area (Å²) in [5, 5.41) is 1.42. The average Bonchev–Trinajstić information content (AvgIpc) is 2.32. The summed E-state index contributed by atoms with van der Waals surface area (Å²) in [6.07, 6.45) is 0. The van der Waals surface area contributed by atoms with Crippen molar-refractivity contribution in [1.82, 2.24) is 0 Å². The van der Waals surface area contributed by atoms with Crippen molar-refractivity contribution in [2.75, 3.05) is 0 Å². The van der Waals surface area contributed by atoms with Crippen LogP contribution >= 0.6 is 39.1 Å². The number of alkyl halides is 1. The molecular weight excluding hydrogens is 319 g/mol. The third kappa shape index (κ3) is 2.85. The summed E-state index contributed by atoms with van der Waals surface area (Å²) in [5.74, 6) is 0. The Bertz CT molecular complexity index is 537. The molecule has 0 saturated carbocycles. The van der Waals surface area contributed by atoms with Gasteiger partial charge in [-0.2, -0.15) is 0 Å². The molecule has 0 saturated heterocycles. The zero-order valence-electron chi connectivity index (χ0n) is 9.25. The number of hydrogen-bond acceptors (Lipinski definition) is 0. The Morgan fingerprint density at radius 3 is 2.41 bits per heavy atom. The Morgan fingerprint density at radius 2 is 1.71 bits per heavy atom. The van der Waals surface area contributed by atoms with Crippen LogP contribution in [0.1, 0.15) is 21.5 Å². The van der Waals surface area contributed by atoms with Crippen molar-refractivity contribution in [2.45, 2.75) is 11.8 Å². The van der Waals surface area contributed by atoms with Crippen LogP contribution in [-0.2, 0) is 0 Å². The molecule has 0 amide bonds. The molecule has 0 nitrogen and oxygen atoms in total. The first-order chi connectivity index (χ1) is 8.09. The van der Waals surface area contributed by atoms with Crippen molar-refractivity contribution in [2.24, 2.45) is 0 Å². The minimum Gasteiger partial charge on any atom is -0.0843 e. The Kier molecular flexibility index (Phi) is 4.13. The summed E-state index contributed by atoms with van der Waals surface area (Å²) in [6, 6.07) is 13.7. The van der Waals surface area contributed by atoms with Gasteiger partial charge in [-0.05, 0) is 41.8 Å². The molecule has 3 heteroatoms. The number of rotatable bonds is 2. The van der Waals surface area contributed by atoms with Crippen LogP contribution in [0, 0.1) is 6.92 Å². The number of hydrogen-bond donors (Lipinski definition) is 0. The fourth-order valence-electron chi connectivity index (χ4n) is 1.75. The second-order valence-corrected chi connectivity index (χ2v) is 5.64. The van der Waals surface area contributed by atoms with Gasteiger partial charge in [-0.25, -0.2) is 0 Å². The third-order valence-corrected chi connectivity index (χ3v) is 4.26. The highest BCUT2D eigenvalue weighted by Gasteiger charge is 2.15. The van der Waals surface area contributed by atoms with E-state index in [1.54, 1.807) is 6.07 Å². The molecular formula is C14H11BrCl2. The molecule has 0 radical (unpaired) electrons. The van der Waals surface area contributed by atoms with Crippen LogP contribution in [0.3, 0.4) is 0 Å². The molecule has 0 aromatic heterocycles. The van der Waals surface area contributed by atoms with E-state index in [0.29, 0.717) is 5.02 Å². The van der Waals surface area contributed by atoms with Gasteiger partial charge < -0.3 is 0 Å². The Balaban J connectivity index is 2.47. The molecule has 1 unspecified atom stereocenters. The highest BCUT2D eigenvalue weighted by Crippen LogP contribution is 2.37. The third-order valence-electron chi connectivity index (χ3n) is 2.69. The lowest BCUT2D eigenvalue weighted by Crippen LogP contribution is -1.96. The standard InChI is InChI=1S/C14H11BrCl2/c1-9-4-2-3-5-11(9)14(15)12-8-10(16)6-7-13(12)17/h2-8,14H,1H3. The van der Waals surface area contributed by atoms with E-state index >= 15 is 0 Å². The molecule has 2 aromatic rings. The topological polar surface area (TPSA) is 0 Å². The summed E-state index contributed by atoms with van der Waals surface area (Å²) in [7, 11) is 0. The maximum atomic E-state index is 6.20. The number of aryl methyl sites for hydroxylation is 1. The molecule has 0 spiro atoms. The summed E-state index contributed by atoms with van der Waals surface area (Å²) in [4.78, 5) is 0.0647. The van der Waals surface area contributed by atoms with Gasteiger partial charge in [0.2, 0.25) is 0 Å². The molecule has 2 aromatic carbocycles. The zero-order valence-corrected chi connectivity index (χ0v) is 12.4. The van der Waals surface area contributed by atoms with Crippen LogP contribution in [0.4, 0.5) is 0 Å². The van der Waals surface area contributed by atoms with Gasteiger partial charge in [-0.15, -0.1) is 0 Å². The van der Waals surface area contributed by atoms with Crippen LogP contribution in [0.15, 0.2) is 42.5 Å². The van der Waals surface area contributed by atoms with Crippen LogP contribution in [0.25, 0.3) is 0 Å². The summed E-state index contributed by atoms with van der Waals surface area (Å²) in [6.45, 7) is 2.09. The van der Waals surface area contributed by atoms with E-state index in [4.69, 9.17) is 23.2 Å². The quantitative estimate of drug-likeness (QED) is 0.612. The highest BCUT2D eigenvalue weighted by atomic mass is 79.9. The predicted octanol–water partition coefficient (Wildman–Crippen LogP) is 5.79. The molecule has 88 valence electrons. The van der Waals surface area contributed by atoms with Crippen LogP contribution in [0.2, 0.25) is 10.0 Å². The van der Waals surface area contributed by atoms with Crippen molar-refractivity contribution in [3.8, 4) is 0 Å². The molecule has 2 rings (SSSR count). The minimum atomic E-state index is 0.0647. The number of benzene rings is 2. The van der Waals surface area contributed by atoms with Gasteiger partial charge in [0, 0.05) is 10.0 Å². The van der Waals surface area contributed by atoms with Gasteiger partial charge in [0.05, 0.1) is 4.83 Å². The van der Waals surface area contributed by atoms with E-state index in [9.17, 15) is 0 Å². The largest absolute Gasteiger partial charge is 0.0843 e. The van der Waals surface area contributed by atoms with Crippen molar-refractivity contribution in [1.29, 1.82) is 0 Å². The summed E-state index contributed by atoms with van der Waals surface area (Å²) >= 11 is 15.9. The lowest BCUT2D eigenvalue weighted by molar-refractivity contribution is 1.14. The molecule has 0 aliphatic rings. The van der Waals surface area contributed by atoms with Crippen molar-refractivity contribution < 1.29 is 0 Å². The van der Waals surface area contributed by atoms with Gasteiger partial charge in [0.1, 0.15) is 0 Å². The van der Waals surface area contributed by atoms with Gasteiger partial charge in [-0.1, -0.05) is 63.4 Å². The molecule has 0 aliphatic carbocycles. The predicted molar refractivity (Wildman–Crippen MR) is 78.4 cm³/mol. The molecule has 0 fully saturated rings. The van der Waals surface area contributed by atoms with Crippen molar-refractivity contribution in [3.05, 3.63) is 69.2 Å². The van der Waals surface area contributed by atoms with E-state index in [0.717, 1.165) is 10.6 Å². The smallest absolute Gasteiger partial charge is 0.0662 e. The maximum Gasteiger partial charge on any atom is 0.0662 e. The van der Waals surface area contributed by atoms with Crippen LogP contribution in [0.5, 0.6) is 0 Å². The maximum absolute atomic E-state index is 6.20. The van der Waals surface area contributed by atoms with Gasteiger partial charge in [0.15, 0.2) is 0 Å². The first-order valence-corrected chi connectivity index (χ1v) is 6.91. The Morgan fingerprint density at radius 1 is 1.00 bits per heavy atom. The number of halogens is 3. The lowest BCUT2D eigenvalue weighted by Gasteiger charge is -2.15. The molecule has 1 atom stereocenters. The summed E-state index contributed by atoms with van der Waals surface area (Å²) in [5.41, 5.74) is 3.43. The molecule has 0 N–H and O–H groups in total. The molecule has 17 heavy (non-hydrogen) atoms. The second-order valence-electron chi connectivity index (χ2n) is 3.88. The normalized spacial score (nSPS) is 12.5. The first-order valence-electron chi connectivity index (χ1n) is 5.24. The highest BCUT2D eigenvalue weighted by molar-refractivity contribution is 9.09. The van der Waals surface area contributed by atoms with E-state index < -0.39 is 0 Å². The van der Waals surface area contributed by atoms with Crippen molar-refractivity contribution >= 4 is 39.1 Å². The first kappa shape index (κ1) is 12.9. The van der Waals surface area contributed by atoms with Crippen molar-refractivity contribution in [3.63, 3.8) is 0 Å². The van der Waals surface area contributed by atoms with E-state index in [-0.39, 0.29) is 4.83 Å². The second kappa shape index (κ2) is 5.43. The summed E-state index contributed by atoms with van der Waals surface area (Å²) < 4.78 is 0. The van der Waals surface area contributed by atoms with Crippen LogP contribution in [-0.4, -0.2) is 0 Å². The fourth-order valence-corrected chi connectivity index (χ4v) is 3.18. The van der Waals surface area contributed by atoms with Gasteiger partial charge in [-0.3, -0.25) is 0 Å². The Hall–Kier alpha value is -0.500. The fraction of sp³-hybridized carbons (Fsp3) is 0.143.